The zero-order valence-electron chi connectivity index (χ0n) is 10.3. The summed E-state index contributed by atoms with van der Waals surface area (Å²) in [6, 6.07) is 5.67. The van der Waals surface area contributed by atoms with E-state index in [9.17, 15) is 4.79 Å². The first-order chi connectivity index (χ1) is 8.65. The molecule has 100 valence electrons. The van der Waals surface area contributed by atoms with E-state index < -0.39 is 0 Å². The first-order valence-corrected chi connectivity index (χ1v) is 7.16. The van der Waals surface area contributed by atoms with Gasteiger partial charge in [0.1, 0.15) is 0 Å². The quantitative estimate of drug-likeness (QED) is 0.614. The minimum atomic E-state index is -0.0702. The van der Waals surface area contributed by atoms with Gasteiger partial charge in [0.15, 0.2) is 0 Å². The number of aryl methyl sites for hydroxylation is 1. The Bertz CT molecular complexity index is 399. The smallest absolute Gasteiger partial charge is 0.252 e. The van der Waals surface area contributed by atoms with Crippen molar-refractivity contribution in [2.45, 2.75) is 13.3 Å². The van der Waals surface area contributed by atoms with Crippen LogP contribution >= 0.6 is 27.5 Å². The Balaban J connectivity index is 2.32. The summed E-state index contributed by atoms with van der Waals surface area (Å²) in [5.41, 5.74) is 1.77. The second kappa shape index (κ2) is 8.51. The Hall–Kier alpha value is -0.580. The standard InChI is InChI=1S/C13H17BrClNO2/c1-10-3-4-11(12(14)9-10)13(17)16-6-2-7-18-8-5-15/h3-4,9H,2,5-8H2,1H3,(H,16,17). The first-order valence-electron chi connectivity index (χ1n) is 5.83. The average molecular weight is 335 g/mol. The fraction of sp³-hybridized carbons (Fsp3) is 0.462. The lowest BCUT2D eigenvalue weighted by Gasteiger charge is -2.07. The minimum Gasteiger partial charge on any atom is -0.380 e. The van der Waals surface area contributed by atoms with Crippen molar-refractivity contribution in [3.8, 4) is 0 Å². The van der Waals surface area contributed by atoms with Gasteiger partial charge in [-0.3, -0.25) is 4.79 Å². The van der Waals surface area contributed by atoms with Gasteiger partial charge in [0.25, 0.3) is 5.91 Å². The minimum absolute atomic E-state index is 0.0702. The lowest BCUT2D eigenvalue weighted by molar-refractivity contribution is 0.0943. The highest BCUT2D eigenvalue weighted by atomic mass is 79.9. The van der Waals surface area contributed by atoms with Gasteiger partial charge in [0.2, 0.25) is 0 Å². The third-order valence-corrected chi connectivity index (χ3v) is 3.15. The average Bonchev–Trinajstić information content (AvgIpc) is 2.33. The van der Waals surface area contributed by atoms with Crippen molar-refractivity contribution in [1.82, 2.24) is 5.32 Å². The predicted molar refractivity (Wildman–Crippen MR) is 77.4 cm³/mol. The number of nitrogens with one attached hydrogen (secondary N) is 1. The molecule has 1 rings (SSSR count). The van der Waals surface area contributed by atoms with E-state index in [2.05, 4.69) is 21.2 Å². The Morgan fingerprint density at radius 1 is 1.44 bits per heavy atom. The second-order valence-electron chi connectivity index (χ2n) is 3.89. The molecule has 0 saturated heterocycles. The van der Waals surface area contributed by atoms with Gasteiger partial charge in [0, 0.05) is 23.5 Å². The monoisotopic (exact) mass is 333 g/mol. The van der Waals surface area contributed by atoms with Crippen molar-refractivity contribution >= 4 is 33.4 Å². The molecule has 1 aromatic carbocycles. The Labute approximate surface area is 121 Å². The number of carbonyl (C=O) groups excluding carboxylic acids is 1. The number of benzene rings is 1. The van der Waals surface area contributed by atoms with Gasteiger partial charge in [-0.05, 0) is 47.0 Å². The van der Waals surface area contributed by atoms with Crippen molar-refractivity contribution < 1.29 is 9.53 Å². The van der Waals surface area contributed by atoms with E-state index in [4.69, 9.17) is 16.3 Å². The van der Waals surface area contributed by atoms with Crippen molar-refractivity contribution in [1.29, 1.82) is 0 Å². The van der Waals surface area contributed by atoms with Crippen LogP contribution in [0.5, 0.6) is 0 Å². The molecule has 5 heteroatoms. The third kappa shape index (κ3) is 5.38. The van der Waals surface area contributed by atoms with Gasteiger partial charge in [-0.2, -0.15) is 0 Å². The molecule has 1 N–H and O–H groups in total. The molecule has 0 fully saturated rings. The molecule has 0 saturated carbocycles. The molecule has 0 aliphatic carbocycles. The normalized spacial score (nSPS) is 10.4. The van der Waals surface area contributed by atoms with Crippen LogP contribution in [0.25, 0.3) is 0 Å². The fourth-order valence-corrected chi connectivity index (χ4v) is 2.21. The summed E-state index contributed by atoms with van der Waals surface area (Å²) in [4.78, 5) is 11.9. The Morgan fingerprint density at radius 3 is 2.89 bits per heavy atom. The van der Waals surface area contributed by atoms with Gasteiger partial charge in [-0.25, -0.2) is 0 Å². The van der Waals surface area contributed by atoms with Crippen molar-refractivity contribution in [3.05, 3.63) is 33.8 Å². The molecule has 0 unspecified atom stereocenters. The maximum Gasteiger partial charge on any atom is 0.252 e. The van der Waals surface area contributed by atoms with Gasteiger partial charge in [0.05, 0.1) is 12.2 Å². The van der Waals surface area contributed by atoms with E-state index in [-0.39, 0.29) is 5.91 Å². The SMILES string of the molecule is Cc1ccc(C(=O)NCCCOCCCl)c(Br)c1. The first kappa shape index (κ1) is 15.5. The van der Waals surface area contributed by atoms with E-state index in [1.54, 1.807) is 0 Å². The number of carbonyl (C=O) groups is 1. The lowest BCUT2D eigenvalue weighted by atomic mass is 10.1. The molecule has 0 aliphatic heterocycles. The zero-order chi connectivity index (χ0) is 13.4. The molecule has 0 heterocycles. The summed E-state index contributed by atoms with van der Waals surface area (Å²) in [5.74, 6) is 0.432. The van der Waals surface area contributed by atoms with E-state index in [0.29, 0.717) is 31.2 Å². The molecule has 0 aliphatic rings. The highest BCUT2D eigenvalue weighted by molar-refractivity contribution is 9.10. The molecule has 0 aromatic heterocycles. The molecule has 18 heavy (non-hydrogen) atoms. The number of ether oxygens (including phenoxy) is 1. The van der Waals surface area contributed by atoms with E-state index in [1.807, 2.05) is 25.1 Å². The summed E-state index contributed by atoms with van der Waals surface area (Å²) in [6.07, 6.45) is 0.784. The molecule has 0 bridgehead atoms. The van der Waals surface area contributed by atoms with Crippen LogP contribution in [0.3, 0.4) is 0 Å². The number of hydrogen-bond donors (Lipinski definition) is 1. The third-order valence-electron chi connectivity index (χ3n) is 2.34. The maximum atomic E-state index is 11.9. The molecular formula is C13H17BrClNO2. The largest absolute Gasteiger partial charge is 0.380 e. The Kier molecular flexibility index (Phi) is 7.32. The topological polar surface area (TPSA) is 38.3 Å². The predicted octanol–water partition coefficient (Wildman–Crippen LogP) is 3.13. The van der Waals surface area contributed by atoms with Crippen molar-refractivity contribution in [2.24, 2.45) is 0 Å². The van der Waals surface area contributed by atoms with Crippen LogP contribution in [0.2, 0.25) is 0 Å². The summed E-state index contributed by atoms with van der Waals surface area (Å²) in [7, 11) is 0. The van der Waals surface area contributed by atoms with Gasteiger partial charge < -0.3 is 10.1 Å². The number of alkyl halides is 1. The number of halogens is 2. The van der Waals surface area contributed by atoms with Gasteiger partial charge in [-0.1, -0.05) is 6.07 Å². The number of hydrogen-bond acceptors (Lipinski definition) is 2. The maximum absolute atomic E-state index is 11.9. The van der Waals surface area contributed by atoms with Crippen LogP contribution in [0.1, 0.15) is 22.3 Å². The van der Waals surface area contributed by atoms with Crippen LogP contribution in [0, 0.1) is 6.92 Å². The number of amides is 1. The molecule has 0 spiro atoms. The molecule has 1 aromatic rings. The van der Waals surface area contributed by atoms with Crippen LogP contribution < -0.4 is 5.32 Å². The summed E-state index contributed by atoms with van der Waals surface area (Å²) in [6.45, 7) is 3.75. The number of rotatable bonds is 7. The van der Waals surface area contributed by atoms with Crippen LogP contribution in [0.4, 0.5) is 0 Å². The van der Waals surface area contributed by atoms with E-state index >= 15 is 0 Å². The lowest BCUT2D eigenvalue weighted by Crippen LogP contribution is -2.25. The molecule has 0 atom stereocenters. The second-order valence-corrected chi connectivity index (χ2v) is 5.13. The molecule has 0 radical (unpaired) electrons. The highest BCUT2D eigenvalue weighted by Gasteiger charge is 2.08. The van der Waals surface area contributed by atoms with Crippen molar-refractivity contribution in [2.75, 3.05) is 25.6 Å². The van der Waals surface area contributed by atoms with Crippen LogP contribution in [-0.4, -0.2) is 31.5 Å². The molecule has 3 nitrogen and oxygen atoms in total. The van der Waals surface area contributed by atoms with E-state index in [1.165, 1.54) is 0 Å². The van der Waals surface area contributed by atoms with Crippen LogP contribution in [0.15, 0.2) is 22.7 Å². The van der Waals surface area contributed by atoms with Gasteiger partial charge in [-0.15, -0.1) is 11.6 Å². The highest BCUT2D eigenvalue weighted by Crippen LogP contribution is 2.18. The van der Waals surface area contributed by atoms with E-state index in [0.717, 1.165) is 16.5 Å². The zero-order valence-corrected chi connectivity index (χ0v) is 12.7. The van der Waals surface area contributed by atoms with Gasteiger partial charge >= 0.3 is 0 Å². The fourth-order valence-electron chi connectivity index (χ4n) is 1.43. The Morgan fingerprint density at radius 2 is 2.22 bits per heavy atom. The molecule has 1 amide bonds. The van der Waals surface area contributed by atoms with Crippen LogP contribution in [-0.2, 0) is 4.74 Å². The summed E-state index contributed by atoms with van der Waals surface area (Å²) in [5, 5.41) is 2.85. The molecular weight excluding hydrogens is 318 g/mol. The summed E-state index contributed by atoms with van der Waals surface area (Å²) < 4.78 is 6.04. The van der Waals surface area contributed by atoms with Crippen molar-refractivity contribution in [3.63, 3.8) is 0 Å². The summed E-state index contributed by atoms with van der Waals surface area (Å²) >= 11 is 8.87.